The van der Waals surface area contributed by atoms with Crippen LogP contribution in [0.1, 0.15) is 42.9 Å². The molecule has 1 aromatic carbocycles. The standard InChI is InChI=1S/C20H27N5O/c21-16-10-15(11-16)18-12-19(24-20(22)23-18)25-8-6-17(7-9-25)26-13-14-4-2-1-3-5-14/h1-5,12,15-17H,6-11,13,21H2,(H2,22,23,24). The normalized spacial score (nSPS) is 23.7. The van der Waals surface area contributed by atoms with Gasteiger partial charge in [-0.25, -0.2) is 4.98 Å². The summed E-state index contributed by atoms with van der Waals surface area (Å²) in [4.78, 5) is 11.2. The van der Waals surface area contributed by atoms with Crippen LogP contribution in [0.5, 0.6) is 0 Å². The second-order valence-corrected chi connectivity index (χ2v) is 7.42. The van der Waals surface area contributed by atoms with E-state index >= 15 is 0 Å². The molecule has 6 heteroatoms. The van der Waals surface area contributed by atoms with Crippen molar-refractivity contribution in [3.63, 3.8) is 0 Å². The van der Waals surface area contributed by atoms with Crippen LogP contribution in [0, 0.1) is 0 Å². The average molecular weight is 353 g/mol. The lowest BCUT2D eigenvalue weighted by atomic mass is 9.78. The van der Waals surface area contributed by atoms with Crippen LogP contribution in [0.25, 0.3) is 0 Å². The summed E-state index contributed by atoms with van der Waals surface area (Å²) < 4.78 is 6.08. The van der Waals surface area contributed by atoms with Crippen LogP contribution in [0.3, 0.4) is 0 Å². The van der Waals surface area contributed by atoms with Gasteiger partial charge in [-0.1, -0.05) is 30.3 Å². The van der Waals surface area contributed by atoms with Gasteiger partial charge in [-0.05, 0) is 31.2 Å². The van der Waals surface area contributed by atoms with Gasteiger partial charge in [-0.3, -0.25) is 0 Å². The second kappa shape index (κ2) is 7.60. The van der Waals surface area contributed by atoms with Crippen LogP contribution < -0.4 is 16.4 Å². The largest absolute Gasteiger partial charge is 0.373 e. The van der Waals surface area contributed by atoms with Crippen molar-refractivity contribution < 1.29 is 4.74 Å². The minimum absolute atomic E-state index is 0.301. The van der Waals surface area contributed by atoms with Gasteiger partial charge in [0.25, 0.3) is 0 Å². The number of nitrogen functional groups attached to an aromatic ring is 1. The second-order valence-electron chi connectivity index (χ2n) is 7.42. The summed E-state index contributed by atoms with van der Waals surface area (Å²) in [7, 11) is 0. The Balaban J connectivity index is 1.33. The summed E-state index contributed by atoms with van der Waals surface area (Å²) in [5.41, 5.74) is 14.1. The number of benzene rings is 1. The molecule has 1 saturated heterocycles. The maximum absolute atomic E-state index is 6.08. The number of nitrogens with zero attached hydrogens (tertiary/aromatic N) is 3. The van der Waals surface area contributed by atoms with Crippen molar-refractivity contribution in [3.8, 4) is 0 Å². The minimum atomic E-state index is 0.301. The van der Waals surface area contributed by atoms with Gasteiger partial charge in [0.1, 0.15) is 5.82 Å². The summed E-state index contributed by atoms with van der Waals surface area (Å²) >= 11 is 0. The predicted octanol–water partition coefficient (Wildman–Crippen LogP) is 2.45. The summed E-state index contributed by atoms with van der Waals surface area (Å²) in [6.45, 7) is 2.54. The maximum Gasteiger partial charge on any atom is 0.222 e. The van der Waals surface area contributed by atoms with Crippen molar-refractivity contribution in [2.24, 2.45) is 5.73 Å². The van der Waals surface area contributed by atoms with Crippen LogP contribution in [0.15, 0.2) is 36.4 Å². The predicted molar refractivity (Wildman–Crippen MR) is 103 cm³/mol. The van der Waals surface area contributed by atoms with Crippen molar-refractivity contribution in [3.05, 3.63) is 47.7 Å². The molecule has 4 rings (SSSR count). The first-order valence-electron chi connectivity index (χ1n) is 9.48. The van der Waals surface area contributed by atoms with Crippen molar-refractivity contribution in [1.29, 1.82) is 0 Å². The van der Waals surface area contributed by atoms with Gasteiger partial charge >= 0.3 is 0 Å². The van der Waals surface area contributed by atoms with E-state index in [0.29, 0.717) is 30.6 Å². The zero-order chi connectivity index (χ0) is 17.9. The molecule has 1 aliphatic carbocycles. The van der Waals surface area contributed by atoms with Gasteiger partial charge < -0.3 is 21.1 Å². The minimum Gasteiger partial charge on any atom is -0.373 e. The Bertz CT molecular complexity index is 724. The molecule has 138 valence electrons. The van der Waals surface area contributed by atoms with Gasteiger partial charge in [0.05, 0.1) is 18.4 Å². The molecule has 2 aliphatic rings. The number of aromatic nitrogens is 2. The van der Waals surface area contributed by atoms with E-state index in [4.69, 9.17) is 16.2 Å². The first-order chi connectivity index (χ1) is 12.7. The van der Waals surface area contributed by atoms with E-state index in [1.807, 2.05) is 18.2 Å². The Morgan fingerprint density at radius 1 is 1.08 bits per heavy atom. The summed E-state index contributed by atoms with van der Waals surface area (Å²) in [5, 5.41) is 0. The van der Waals surface area contributed by atoms with Crippen LogP contribution in [0.4, 0.5) is 11.8 Å². The van der Waals surface area contributed by atoms with Crippen LogP contribution in [0.2, 0.25) is 0 Å². The molecular formula is C20H27N5O. The molecule has 1 saturated carbocycles. The Morgan fingerprint density at radius 2 is 1.81 bits per heavy atom. The molecule has 0 atom stereocenters. The van der Waals surface area contributed by atoms with Crippen molar-refractivity contribution in [2.45, 2.75) is 50.4 Å². The third kappa shape index (κ3) is 3.97. The first-order valence-corrected chi connectivity index (χ1v) is 9.48. The molecule has 6 nitrogen and oxygen atoms in total. The molecule has 2 aromatic rings. The smallest absolute Gasteiger partial charge is 0.222 e. The number of hydrogen-bond donors (Lipinski definition) is 2. The number of ether oxygens (including phenoxy) is 1. The van der Waals surface area contributed by atoms with E-state index in [-0.39, 0.29) is 0 Å². The van der Waals surface area contributed by atoms with E-state index < -0.39 is 0 Å². The van der Waals surface area contributed by atoms with Gasteiger partial charge in [-0.15, -0.1) is 0 Å². The van der Waals surface area contributed by atoms with E-state index in [9.17, 15) is 0 Å². The maximum atomic E-state index is 6.08. The van der Waals surface area contributed by atoms with Gasteiger partial charge in [0.2, 0.25) is 5.95 Å². The molecule has 26 heavy (non-hydrogen) atoms. The molecule has 0 radical (unpaired) electrons. The molecule has 2 fully saturated rings. The van der Waals surface area contributed by atoms with E-state index in [1.165, 1.54) is 5.56 Å². The molecule has 0 bridgehead atoms. The Labute approximate surface area is 154 Å². The fraction of sp³-hybridized carbons (Fsp3) is 0.500. The highest BCUT2D eigenvalue weighted by Crippen LogP contribution is 2.36. The third-order valence-corrected chi connectivity index (χ3v) is 5.44. The molecule has 4 N–H and O–H groups in total. The highest BCUT2D eigenvalue weighted by molar-refractivity contribution is 5.45. The van der Waals surface area contributed by atoms with E-state index in [2.05, 4.69) is 33.1 Å². The monoisotopic (exact) mass is 353 g/mol. The first kappa shape index (κ1) is 17.2. The Kier molecular flexibility index (Phi) is 5.04. The fourth-order valence-corrected chi connectivity index (χ4v) is 3.79. The van der Waals surface area contributed by atoms with Crippen LogP contribution in [-0.4, -0.2) is 35.2 Å². The van der Waals surface area contributed by atoms with Gasteiger partial charge in [-0.2, -0.15) is 4.98 Å². The molecule has 0 spiro atoms. The Morgan fingerprint density at radius 3 is 2.50 bits per heavy atom. The SMILES string of the molecule is Nc1nc(C2CC(N)C2)cc(N2CCC(OCc3ccccc3)CC2)n1. The highest BCUT2D eigenvalue weighted by Gasteiger charge is 2.30. The van der Waals surface area contributed by atoms with Crippen molar-refractivity contribution in [1.82, 2.24) is 9.97 Å². The summed E-state index contributed by atoms with van der Waals surface area (Å²) in [6, 6.07) is 12.7. The molecule has 2 heterocycles. The average Bonchev–Trinajstić information content (AvgIpc) is 2.64. The number of hydrogen-bond acceptors (Lipinski definition) is 6. The lowest BCUT2D eigenvalue weighted by Crippen LogP contribution is -2.38. The molecule has 1 aromatic heterocycles. The quantitative estimate of drug-likeness (QED) is 0.858. The lowest BCUT2D eigenvalue weighted by Gasteiger charge is -2.35. The summed E-state index contributed by atoms with van der Waals surface area (Å²) in [5.74, 6) is 1.73. The zero-order valence-electron chi connectivity index (χ0n) is 15.1. The number of rotatable bonds is 5. The fourth-order valence-electron chi connectivity index (χ4n) is 3.79. The van der Waals surface area contributed by atoms with Crippen LogP contribution >= 0.6 is 0 Å². The summed E-state index contributed by atoms with van der Waals surface area (Å²) in [6.07, 6.45) is 4.28. The number of nitrogens with two attached hydrogens (primary N) is 2. The third-order valence-electron chi connectivity index (χ3n) is 5.44. The Hall–Kier alpha value is -2.18. The molecule has 0 amide bonds. The zero-order valence-corrected chi connectivity index (χ0v) is 15.1. The van der Waals surface area contributed by atoms with Crippen molar-refractivity contribution in [2.75, 3.05) is 23.7 Å². The van der Waals surface area contributed by atoms with Gasteiger partial charge in [0, 0.05) is 31.1 Å². The van der Waals surface area contributed by atoms with E-state index in [0.717, 1.165) is 50.3 Å². The topological polar surface area (TPSA) is 90.3 Å². The van der Waals surface area contributed by atoms with E-state index in [1.54, 1.807) is 0 Å². The number of anilines is 2. The number of piperidine rings is 1. The molecular weight excluding hydrogens is 326 g/mol. The molecule has 1 aliphatic heterocycles. The van der Waals surface area contributed by atoms with Crippen molar-refractivity contribution >= 4 is 11.8 Å². The highest BCUT2D eigenvalue weighted by atomic mass is 16.5. The van der Waals surface area contributed by atoms with Crippen LogP contribution in [-0.2, 0) is 11.3 Å². The van der Waals surface area contributed by atoms with Gasteiger partial charge in [0.15, 0.2) is 0 Å². The molecule has 0 unspecified atom stereocenters. The lowest BCUT2D eigenvalue weighted by molar-refractivity contribution is 0.0250.